The number of hydrogen-bond acceptors (Lipinski definition) is 4. The summed E-state index contributed by atoms with van der Waals surface area (Å²) in [5, 5.41) is 17.4. The Morgan fingerprint density at radius 2 is 2.24 bits per heavy atom. The molecule has 0 saturated carbocycles. The van der Waals surface area contributed by atoms with Crippen LogP contribution in [0.25, 0.3) is 0 Å². The summed E-state index contributed by atoms with van der Waals surface area (Å²) in [6.07, 6.45) is 4.00. The number of H-pyrrole nitrogens is 1. The summed E-state index contributed by atoms with van der Waals surface area (Å²) in [6.45, 7) is 4.41. The van der Waals surface area contributed by atoms with Crippen molar-refractivity contribution in [1.82, 2.24) is 20.0 Å². The number of nitrogens with one attached hydrogen (secondary N) is 1. The van der Waals surface area contributed by atoms with E-state index in [1.165, 1.54) is 0 Å². The van der Waals surface area contributed by atoms with Crippen molar-refractivity contribution in [3.8, 4) is 0 Å². The molecule has 2 saturated heterocycles. The maximum absolute atomic E-state index is 12.4. The number of carbonyl (C=O) groups excluding carboxylic acids is 2. The van der Waals surface area contributed by atoms with E-state index in [2.05, 4.69) is 10.2 Å². The topological polar surface area (TPSA) is 89.5 Å². The fourth-order valence-electron chi connectivity index (χ4n) is 3.78. The number of aliphatic hydroxyl groups is 1. The third-order valence-electron chi connectivity index (χ3n) is 5.23. The molecule has 7 nitrogen and oxygen atoms in total. The smallest absolute Gasteiger partial charge is 0.222 e. The highest BCUT2D eigenvalue weighted by atomic mass is 16.3. The number of likely N-dealkylation sites (tertiary alicyclic amines) is 2. The minimum atomic E-state index is -0.496. The van der Waals surface area contributed by atoms with Gasteiger partial charge in [-0.25, -0.2) is 0 Å². The zero-order valence-electron chi connectivity index (χ0n) is 14.9. The number of β-amino-alcohol motifs (C(OH)–C–C–N with tert-alkyl or cyclic N) is 1. The van der Waals surface area contributed by atoms with Gasteiger partial charge in [-0.15, -0.1) is 0 Å². The van der Waals surface area contributed by atoms with Crippen LogP contribution in [0.3, 0.4) is 0 Å². The summed E-state index contributed by atoms with van der Waals surface area (Å²) >= 11 is 0. The van der Waals surface area contributed by atoms with Crippen molar-refractivity contribution in [2.75, 3.05) is 26.2 Å². The number of amides is 2. The standard InChI is InChI=1S/C18H28N4O3/c1-13-9-15(20-19-13)10-14-11-22(12-16(14)23)18(25)6-4-8-21-7-3-2-5-17(21)24/h9,14,16,23H,2-8,10-12H2,1H3,(H,19,20)/t14-,16+/m1/s1. The molecule has 0 radical (unpaired) electrons. The van der Waals surface area contributed by atoms with Crippen molar-refractivity contribution < 1.29 is 14.7 Å². The predicted molar refractivity (Wildman–Crippen MR) is 92.8 cm³/mol. The maximum Gasteiger partial charge on any atom is 0.222 e. The molecule has 2 N–H and O–H groups in total. The van der Waals surface area contributed by atoms with Gasteiger partial charge in [0.05, 0.1) is 11.8 Å². The Morgan fingerprint density at radius 1 is 1.40 bits per heavy atom. The number of carbonyl (C=O) groups is 2. The molecule has 0 unspecified atom stereocenters. The number of nitrogens with zero attached hydrogens (tertiary/aromatic N) is 3. The van der Waals surface area contributed by atoms with E-state index in [-0.39, 0.29) is 17.7 Å². The van der Waals surface area contributed by atoms with Gasteiger partial charge in [0.1, 0.15) is 0 Å². The van der Waals surface area contributed by atoms with Gasteiger partial charge in [-0.3, -0.25) is 14.7 Å². The Bertz CT molecular complexity index is 615. The summed E-state index contributed by atoms with van der Waals surface area (Å²) in [7, 11) is 0. The quantitative estimate of drug-likeness (QED) is 0.798. The first-order valence-electron chi connectivity index (χ1n) is 9.27. The van der Waals surface area contributed by atoms with E-state index in [1.54, 1.807) is 4.90 Å². The number of rotatable bonds is 6. The zero-order valence-corrected chi connectivity index (χ0v) is 14.9. The Kier molecular flexibility index (Phi) is 5.73. The molecule has 138 valence electrons. The summed E-state index contributed by atoms with van der Waals surface area (Å²) in [6, 6.07) is 1.98. The van der Waals surface area contributed by atoms with Gasteiger partial charge in [0, 0.05) is 50.6 Å². The zero-order chi connectivity index (χ0) is 17.8. The molecular weight excluding hydrogens is 320 g/mol. The third-order valence-corrected chi connectivity index (χ3v) is 5.23. The lowest BCUT2D eigenvalue weighted by Crippen LogP contribution is -2.37. The molecule has 2 amide bonds. The number of aliphatic hydroxyl groups excluding tert-OH is 1. The van der Waals surface area contributed by atoms with Crippen LogP contribution in [0.4, 0.5) is 0 Å². The third kappa shape index (κ3) is 4.60. The van der Waals surface area contributed by atoms with Crippen molar-refractivity contribution in [3.05, 3.63) is 17.5 Å². The Morgan fingerprint density at radius 3 is 2.96 bits per heavy atom. The summed E-state index contributed by atoms with van der Waals surface area (Å²) < 4.78 is 0. The average Bonchev–Trinajstić information content (AvgIpc) is 3.16. The van der Waals surface area contributed by atoms with Crippen molar-refractivity contribution in [2.45, 2.75) is 51.6 Å². The highest BCUT2D eigenvalue weighted by Crippen LogP contribution is 2.22. The normalized spacial score (nSPS) is 24.2. The SMILES string of the molecule is Cc1cc(C[C@@H]2CN(C(=O)CCCN3CCCCC3=O)C[C@@H]2O)n[nH]1. The van der Waals surface area contributed by atoms with Crippen molar-refractivity contribution in [3.63, 3.8) is 0 Å². The van der Waals surface area contributed by atoms with Crippen LogP contribution in [-0.2, 0) is 16.0 Å². The van der Waals surface area contributed by atoms with E-state index in [0.717, 1.165) is 30.8 Å². The first-order chi connectivity index (χ1) is 12.0. The van der Waals surface area contributed by atoms with Gasteiger partial charge >= 0.3 is 0 Å². The molecule has 25 heavy (non-hydrogen) atoms. The van der Waals surface area contributed by atoms with Crippen molar-refractivity contribution >= 4 is 11.8 Å². The second kappa shape index (κ2) is 7.99. The molecule has 0 bridgehead atoms. The number of aryl methyl sites for hydroxylation is 1. The van der Waals surface area contributed by atoms with E-state index in [1.807, 2.05) is 17.9 Å². The number of aromatic nitrogens is 2. The number of aromatic amines is 1. The van der Waals surface area contributed by atoms with Crippen molar-refractivity contribution in [2.24, 2.45) is 5.92 Å². The second-order valence-electron chi connectivity index (χ2n) is 7.31. The molecule has 2 aliphatic heterocycles. The predicted octanol–water partition coefficient (Wildman–Crippen LogP) is 0.873. The maximum atomic E-state index is 12.4. The molecule has 2 aliphatic rings. The average molecular weight is 348 g/mol. The van der Waals surface area contributed by atoms with Crippen molar-refractivity contribution in [1.29, 1.82) is 0 Å². The van der Waals surface area contributed by atoms with Crippen LogP contribution in [0.5, 0.6) is 0 Å². The van der Waals surface area contributed by atoms with E-state index < -0.39 is 6.10 Å². The first kappa shape index (κ1) is 17.9. The molecule has 0 aromatic carbocycles. The van der Waals surface area contributed by atoms with E-state index >= 15 is 0 Å². The summed E-state index contributed by atoms with van der Waals surface area (Å²) in [5.41, 5.74) is 1.93. The molecule has 7 heteroatoms. The van der Waals surface area contributed by atoms with Gasteiger partial charge in [-0.05, 0) is 38.7 Å². The molecule has 1 aromatic rings. The van der Waals surface area contributed by atoms with Crippen LogP contribution >= 0.6 is 0 Å². The van der Waals surface area contributed by atoms with Crippen LogP contribution in [0, 0.1) is 12.8 Å². The highest BCUT2D eigenvalue weighted by molar-refractivity contribution is 5.78. The van der Waals surface area contributed by atoms with Gasteiger partial charge in [0.2, 0.25) is 11.8 Å². The second-order valence-corrected chi connectivity index (χ2v) is 7.31. The van der Waals surface area contributed by atoms with Crippen LogP contribution in [0.2, 0.25) is 0 Å². The Labute approximate surface area is 148 Å². The van der Waals surface area contributed by atoms with Gasteiger partial charge in [0.15, 0.2) is 0 Å². The molecule has 0 aliphatic carbocycles. The summed E-state index contributed by atoms with van der Waals surface area (Å²) in [4.78, 5) is 27.8. The van der Waals surface area contributed by atoms with E-state index in [4.69, 9.17) is 0 Å². The van der Waals surface area contributed by atoms with E-state index in [9.17, 15) is 14.7 Å². The lowest BCUT2D eigenvalue weighted by Gasteiger charge is -2.26. The molecule has 3 heterocycles. The molecule has 2 atom stereocenters. The molecular formula is C18H28N4O3. The molecule has 0 spiro atoms. The molecule has 3 rings (SSSR count). The monoisotopic (exact) mass is 348 g/mol. The Hall–Kier alpha value is -1.89. The van der Waals surface area contributed by atoms with Crippen LogP contribution in [0.15, 0.2) is 6.07 Å². The van der Waals surface area contributed by atoms with Crippen LogP contribution < -0.4 is 0 Å². The highest BCUT2D eigenvalue weighted by Gasteiger charge is 2.34. The van der Waals surface area contributed by atoms with Gasteiger partial charge in [-0.1, -0.05) is 0 Å². The minimum absolute atomic E-state index is 0.0373. The number of piperidine rings is 1. The largest absolute Gasteiger partial charge is 0.391 e. The minimum Gasteiger partial charge on any atom is -0.391 e. The van der Waals surface area contributed by atoms with Crippen LogP contribution in [0.1, 0.15) is 43.5 Å². The fourth-order valence-corrected chi connectivity index (χ4v) is 3.78. The number of hydrogen-bond donors (Lipinski definition) is 2. The molecule has 2 fully saturated rings. The lowest BCUT2D eigenvalue weighted by molar-refractivity contribution is -0.135. The first-order valence-corrected chi connectivity index (χ1v) is 9.27. The van der Waals surface area contributed by atoms with Gasteiger partial charge < -0.3 is 14.9 Å². The Balaban J connectivity index is 1.42. The summed E-state index contributed by atoms with van der Waals surface area (Å²) in [5.74, 6) is 0.323. The molecule has 1 aromatic heterocycles. The van der Waals surface area contributed by atoms with Gasteiger partial charge in [0.25, 0.3) is 0 Å². The fraction of sp³-hybridized carbons (Fsp3) is 0.722. The lowest BCUT2D eigenvalue weighted by atomic mass is 10.0. The van der Waals surface area contributed by atoms with Gasteiger partial charge in [-0.2, -0.15) is 5.10 Å². The van der Waals surface area contributed by atoms with Crippen LogP contribution in [-0.4, -0.2) is 69.2 Å². The van der Waals surface area contributed by atoms with E-state index in [0.29, 0.717) is 45.3 Å².